The van der Waals surface area contributed by atoms with Crippen LogP contribution in [0.15, 0.2) is 0 Å². The van der Waals surface area contributed by atoms with Gasteiger partial charge in [-0.2, -0.15) is 0 Å². The summed E-state index contributed by atoms with van der Waals surface area (Å²) in [5, 5.41) is 21.3. The third-order valence-corrected chi connectivity index (χ3v) is 4.47. The largest absolute Gasteiger partial charge is 0.481 e. The zero-order chi connectivity index (χ0) is 14.5. The second-order valence-corrected chi connectivity index (χ2v) is 5.92. The van der Waals surface area contributed by atoms with Gasteiger partial charge in [0.1, 0.15) is 0 Å². The highest BCUT2D eigenvalue weighted by molar-refractivity contribution is 5.77. The van der Waals surface area contributed by atoms with Gasteiger partial charge in [0, 0.05) is 31.7 Å². The molecule has 6 nitrogen and oxygen atoms in total. The summed E-state index contributed by atoms with van der Waals surface area (Å²) in [5.74, 6) is -1.13. The van der Waals surface area contributed by atoms with E-state index in [1.165, 1.54) is 0 Å². The Kier molecular flexibility index (Phi) is 5.23. The van der Waals surface area contributed by atoms with E-state index in [1.807, 2.05) is 0 Å². The zero-order valence-corrected chi connectivity index (χ0v) is 11.8. The van der Waals surface area contributed by atoms with Crippen molar-refractivity contribution in [1.82, 2.24) is 10.2 Å². The number of rotatable bonds is 3. The number of urea groups is 1. The summed E-state index contributed by atoms with van der Waals surface area (Å²) in [4.78, 5) is 25.2. The smallest absolute Gasteiger partial charge is 0.317 e. The molecule has 1 saturated carbocycles. The predicted molar refractivity (Wildman–Crippen MR) is 73.3 cm³/mol. The average molecular weight is 284 g/mol. The Bertz CT molecular complexity index is 361. The van der Waals surface area contributed by atoms with Crippen molar-refractivity contribution in [3.8, 4) is 0 Å². The highest BCUT2D eigenvalue weighted by atomic mass is 16.4. The molecular formula is C14H24N2O4. The molecule has 114 valence electrons. The molecule has 1 aliphatic carbocycles. The number of carbonyl (C=O) groups is 2. The summed E-state index contributed by atoms with van der Waals surface area (Å²) in [6, 6.07) is -0.449. The van der Waals surface area contributed by atoms with Gasteiger partial charge in [-0.3, -0.25) is 4.79 Å². The van der Waals surface area contributed by atoms with Crippen molar-refractivity contribution in [2.24, 2.45) is 11.8 Å². The first-order chi connectivity index (χ1) is 9.61. The first-order valence-corrected chi connectivity index (χ1v) is 7.51. The monoisotopic (exact) mass is 284 g/mol. The summed E-state index contributed by atoms with van der Waals surface area (Å²) in [6.07, 6.45) is 5.11. The van der Waals surface area contributed by atoms with E-state index in [9.17, 15) is 14.7 Å². The van der Waals surface area contributed by atoms with Gasteiger partial charge in [0.15, 0.2) is 0 Å². The molecule has 0 spiro atoms. The molecule has 3 atom stereocenters. The third kappa shape index (κ3) is 3.62. The number of hydrogen-bond acceptors (Lipinski definition) is 3. The van der Waals surface area contributed by atoms with Gasteiger partial charge in [-0.25, -0.2) is 4.79 Å². The number of aliphatic hydroxyl groups is 1. The van der Waals surface area contributed by atoms with Crippen LogP contribution in [0.3, 0.4) is 0 Å². The quantitative estimate of drug-likeness (QED) is 0.676. The van der Waals surface area contributed by atoms with Crippen LogP contribution < -0.4 is 5.32 Å². The van der Waals surface area contributed by atoms with E-state index in [-0.39, 0.29) is 24.6 Å². The molecule has 1 aliphatic heterocycles. The van der Waals surface area contributed by atoms with Gasteiger partial charge in [-0.05, 0) is 19.3 Å². The lowest BCUT2D eigenvalue weighted by atomic mass is 9.95. The number of carbonyl (C=O) groups excluding carboxylic acids is 1. The molecule has 20 heavy (non-hydrogen) atoms. The molecule has 2 amide bonds. The number of aliphatic carboxylic acids is 1. The third-order valence-electron chi connectivity index (χ3n) is 4.47. The van der Waals surface area contributed by atoms with Crippen molar-refractivity contribution in [3.63, 3.8) is 0 Å². The van der Waals surface area contributed by atoms with E-state index in [0.29, 0.717) is 19.5 Å². The minimum absolute atomic E-state index is 0.102. The van der Waals surface area contributed by atoms with Gasteiger partial charge in [0.05, 0.1) is 5.92 Å². The van der Waals surface area contributed by atoms with Crippen molar-refractivity contribution in [2.75, 3.05) is 19.7 Å². The van der Waals surface area contributed by atoms with Gasteiger partial charge < -0.3 is 20.4 Å². The first kappa shape index (κ1) is 15.1. The number of nitrogens with zero attached hydrogens (tertiary/aromatic N) is 1. The van der Waals surface area contributed by atoms with E-state index in [0.717, 1.165) is 32.1 Å². The maximum atomic E-state index is 12.2. The number of likely N-dealkylation sites (tertiary alicyclic amines) is 1. The number of amides is 2. The van der Waals surface area contributed by atoms with Gasteiger partial charge in [-0.15, -0.1) is 0 Å². The Labute approximate surface area is 119 Å². The van der Waals surface area contributed by atoms with E-state index < -0.39 is 11.9 Å². The van der Waals surface area contributed by atoms with Crippen LogP contribution in [0.2, 0.25) is 0 Å². The Balaban J connectivity index is 1.92. The standard InChI is InChI=1S/C14H24N2O4/c17-9-10-6-7-16(8-10)14(20)15-12-5-3-1-2-4-11(12)13(18)19/h10-12,17H,1-9H2,(H,15,20)(H,18,19). The molecule has 1 heterocycles. The van der Waals surface area contributed by atoms with Crippen molar-refractivity contribution in [1.29, 1.82) is 0 Å². The van der Waals surface area contributed by atoms with Crippen LogP contribution in [0.25, 0.3) is 0 Å². The second-order valence-electron chi connectivity index (χ2n) is 5.92. The van der Waals surface area contributed by atoms with Crippen molar-refractivity contribution in [2.45, 2.75) is 44.6 Å². The summed E-state index contributed by atoms with van der Waals surface area (Å²) in [7, 11) is 0. The number of hydrogen-bond donors (Lipinski definition) is 3. The van der Waals surface area contributed by atoms with Crippen LogP contribution in [0.4, 0.5) is 4.79 Å². The molecule has 2 fully saturated rings. The fourth-order valence-corrected chi connectivity index (χ4v) is 3.19. The Morgan fingerprint density at radius 1 is 1.15 bits per heavy atom. The molecule has 3 unspecified atom stereocenters. The lowest BCUT2D eigenvalue weighted by molar-refractivity contribution is -0.142. The minimum atomic E-state index is -0.813. The lowest BCUT2D eigenvalue weighted by Gasteiger charge is -2.26. The SMILES string of the molecule is O=C(O)C1CCCCCC1NC(=O)N1CCC(CO)C1. The Morgan fingerprint density at radius 3 is 2.55 bits per heavy atom. The van der Waals surface area contributed by atoms with Crippen LogP contribution in [-0.2, 0) is 4.79 Å². The number of carboxylic acid groups (broad SMARTS) is 1. The van der Waals surface area contributed by atoms with Gasteiger partial charge in [0.25, 0.3) is 0 Å². The molecule has 0 bridgehead atoms. The molecule has 0 aromatic carbocycles. The highest BCUT2D eigenvalue weighted by Gasteiger charge is 2.33. The van der Waals surface area contributed by atoms with Crippen molar-refractivity contribution < 1.29 is 19.8 Å². The zero-order valence-electron chi connectivity index (χ0n) is 11.8. The number of nitrogens with one attached hydrogen (secondary N) is 1. The molecule has 2 rings (SSSR count). The van der Waals surface area contributed by atoms with Gasteiger partial charge >= 0.3 is 12.0 Å². The summed E-state index contributed by atoms with van der Waals surface area (Å²) >= 11 is 0. The van der Waals surface area contributed by atoms with E-state index in [4.69, 9.17) is 5.11 Å². The van der Waals surface area contributed by atoms with Crippen LogP contribution >= 0.6 is 0 Å². The number of aliphatic hydroxyl groups excluding tert-OH is 1. The van der Waals surface area contributed by atoms with E-state index >= 15 is 0 Å². The van der Waals surface area contributed by atoms with Crippen LogP contribution in [-0.4, -0.2) is 52.9 Å². The van der Waals surface area contributed by atoms with E-state index in [1.54, 1.807) is 4.90 Å². The molecular weight excluding hydrogens is 260 g/mol. The molecule has 3 N–H and O–H groups in total. The second kappa shape index (κ2) is 6.92. The molecule has 2 aliphatic rings. The maximum Gasteiger partial charge on any atom is 0.317 e. The highest BCUT2D eigenvalue weighted by Crippen LogP contribution is 2.24. The molecule has 1 saturated heterocycles. The lowest BCUT2D eigenvalue weighted by Crippen LogP contribution is -2.48. The average Bonchev–Trinajstić information content (AvgIpc) is 2.79. The van der Waals surface area contributed by atoms with Crippen molar-refractivity contribution in [3.05, 3.63) is 0 Å². The number of carboxylic acids is 1. The molecule has 6 heteroatoms. The predicted octanol–water partition coefficient (Wildman–Crippen LogP) is 1.04. The maximum absolute atomic E-state index is 12.2. The Hall–Kier alpha value is -1.30. The summed E-state index contributed by atoms with van der Waals surface area (Å²) in [5.41, 5.74) is 0. The Morgan fingerprint density at radius 2 is 1.90 bits per heavy atom. The fraction of sp³-hybridized carbons (Fsp3) is 0.857. The summed E-state index contributed by atoms with van der Waals surface area (Å²) in [6.45, 7) is 1.30. The molecule has 0 radical (unpaired) electrons. The molecule has 0 aromatic rings. The van der Waals surface area contributed by atoms with Crippen LogP contribution in [0.1, 0.15) is 38.5 Å². The topological polar surface area (TPSA) is 89.9 Å². The molecule has 0 aromatic heterocycles. The van der Waals surface area contributed by atoms with Crippen LogP contribution in [0, 0.1) is 11.8 Å². The van der Waals surface area contributed by atoms with E-state index in [2.05, 4.69) is 5.32 Å². The normalized spacial score (nSPS) is 30.9. The fourth-order valence-electron chi connectivity index (χ4n) is 3.19. The van der Waals surface area contributed by atoms with Gasteiger partial charge in [0.2, 0.25) is 0 Å². The summed E-state index contributed by atoms with van der Waals surface area (Å²) < 4.78 is 0. The van der Waals surface area contributed by atoms with Crippen LogP contribution in [0.5, 0.6) is 0 Å². The van der Waals surface area contributed by atoms with Crippen molar-refractivity contribution >= 4 is 12.0 Å². The minimum Gasteiger partial charge on any atom is -0.481 e. The first-order valence-electron chi connectivity index (χ1n) is 7.51. The van der Waals surface area contributed by atoms with Gasteiger partial charge in [-0.1, -0.05) is 19.3 Å².